The van der Waals surface area contributed by atoms with Crippen LogP contribution in [0.3, 0.4) is 0 Å². The topological polar surface area (TPSA) is 68.0 Å². The number of azo groups is 1. The molecule has 0 aliphatic carbocycles. The maximum atomic E-state index is 4.67. The first-order valence-corrected chi connectivity index (χ1v) is 15.8. The molecule has 0 aliphatic rings. The van der Waals surface area contributed by atoms with Crippen LogP contribution in [0.15, 0.2) is 136 Å². The van der Waals surface area contributed by atoms with E-state index in [1.165, 1.54) is 5.69 Å². The molecule has 0 spiro atoms. The molecule has 0 saturated heterocycles. The Kier molecular flexibility index (Phi) is 10.9. The minimum Gasteiger partial charge on any atom is -0.378 e. The first kappa shape index (κ1) is 32.8. The van der Waals surface area contributed by atoms with Crippen molar-refractivity contribution in [2.45, 2.75) is 13.5 Å². The van der Waals surface area contributed by atoms with Crippen LogP contribution < -0.4 is 19.3 Å². The van der Waals surface area contributed by atoms with Gasteiger partial charge in [-0.05, 0) is 73.2 Å². The first-order valence-electron chi connectivity index (χ1n) is 15.8. The summed E-state index contributed by atoms with van der Waals surface area (Å²) < 4.78 is 4.26. The van der Waals surface area contributed by atoms with Crippen LogP contribution in [-0.4, -0.2) is 57.8 Å². The van der Waals surface area contributed by atoms with E-state index in [2.05, 4.69) is 131 Å². The van der Waals surface area contributed by atoms with Gasteiger partial charge in [0.25, 0.3) is 0 Å². The van der Waals surface area contributed by atoms with Crippen molar-refractivity contribution in [2.24, 2.45) is 27.5 Å². The highest BCUT2D eigenvalue weighted by atomic mass is 15.2. The van der Waals surface area contributed by atoms with Crippen molar-refractivity contribution in [1.82, 2.24) is 4.57 Å². The Bertz CT molecular complexity index is 1740. The molecular formula is C38H44N9+. The number of benzene rings is 4. The zero-order valence-corrected chi connectivity index (χ0v) is 28.2. The molecule has 9 nitrogen and oxygen atoms in total. The van der Waals surface area contributed by atoms with E-state index in [9.17, 15) is 0 Å². The van der Waals surface area contributed by atoms with E-state index in [0.29, 0.717) is 0 Å². The molecule has 4 aromatic carbocycles. The number of anilines is 3. The summed E-state index contributed by atoms with van der Waals surface area (Å²) in [4.78, 5) is 6.52. The van der Waals surface area contributed by atoms with Gasteiger partial charge in [0.15, 0.2) is 0 Å². The number of rotatable bonds is 13. The second-order valence-corrected chi connectivity index (χ2v) is 11.8. The molecule has 0 fully saturated rings. The summed E-state index contributed by atoms with van der Waals surface area (Å²) in [6, 6.07) is 32.8. The lowest BCUT2D eigenvalue weighted by Gasteiger charge is -2.22. The highest BCUT2D eigenvalue weighted by Crippen LogP contribution is 2.23. The van der Waals surface area contributed by atoms with Crippen LogP contribution in [0.2, 0.25) is 0 Å². The van der Waals surface area contributed by atoms with E-state index in [0.717, 1.165) is 64.8 Å². The van der Waals surface area contributed by atoms with Gasteiger partial charge in [-0.3, -0.25) is 0 Å². The molecule has 0 saturated carbocycles. The Labute approximate surface area is 278 Å². The van der Waals surface area contributed by atoms with Crippen molar-refractivity contribution in [3.63, 3.8) is 0 Å². The Balaban J connectivity index is 1.24. The number of hydrogen-bond acceptors (Lipinski definition) is 7. The molecule has 47 heavy (non-hydrogen) atoms. The van der Waals surface area contributed by atoms with Crippen LogP contribution in [0.1, 0.15) is 23.6 Å². The standard InChI is InChI=1S/C38H44N9/c1-7-47(27-26-46-25-24-45(6)29-46)37-22-16-34(17-23-37)41-40-33-14-8-30(9-15-33)28-39-42-38(31-10-18-35(19-11-31)43(2)3)32-12-20-36(21-13-32)44(4)5/h8-25,28-29H,7,26-27H2,1-6H3/q+1. The molecule has 0 unspecified atom stereocenters. The van der Waals surface area contributed by atoms with E-state index in [4.69, 9.17) is 0 Å². The van der Waals surface area contributed by atoms with Gasteiger partial charge in [0.1, 0.15) is 24.7 Å². The fraction of sp³-hybridized carbons (Fsp3) is 0.237. The summed E-state index contributed by atoms with van der Waals surface area (Å²) in [6.07, 6.45) is 8.01. The van der Waals surface area contributed by atoms with Crippen LogP contribution in [-0.2, 0) is 13.6 Å². The van der Waals surface area contributed by atoms with Crippen LogP contribution in [0, 0.1) is 0 Å². The zero-order valence-electron chi connectivity index (χ0n) is 28.2. The lowest BCUT2D eigenvalue weighted by Crippen LogP contribution is -2.39. The second kappa shape index (κ2) is 15.6. The van der Waals surface area contributed by atoms with Gasteiger partial charge < -0.3 is 14.7 Å². The van der Waals surface area contributed by atoms with Gasteiger partial charge in [0.2, 0.25) is 6.33 Å². The van der Waals surface area contributed by atoms with Gasteiger partial charge in [-0.2, -0.15) is 15.3 Å². The predicted molar refractivity (Wildman–Crippen MR) is 195 cm³/mol. The fourth-order valence-corrected chi connectivity index (χ4v) is 5.08. The van der Waals surface area contributed by atoms with Gasteiger partial charge >= 0.3 is 0 Å². The van der Waals surface area contributed by atoms with Crippen LogP contribution in [0.4, 0.5) is 28.4 Å². The highest BCUT2D eigenvalue weighted by Gasteiger charge is 2.10. The number of aromatic nitrogens is 2. The molecule has 240 valence electrons. The summed E-state index contributed by atoms with van der Waals surface area (Å²) in [5.41, 5.74) is 8.76. The predicted octanol–water partition coefficient (Wildman–Crippen LogP) is 7.26. The minimum atomic E-state index is 0.771. The van der Waals surface area contributed by atoms with Crippen molar-refractivity contribution in [3.05, 3.63) is 132 Å². The Morgan fingerprint density at radius 1 is 0.702 bits per heavy atom. The molecule has 0 aliphatic heterocycles. The third-order valence-electron chi connectivity index (χ3n) is 7.90. The molecule has 0 atom stereocenters. The Morgan fingerprint density at radius 2 is 1.21 bits per heavy atom. The monoisotopic (exact) mass is 626 g/mol. The molecular weight excluding hydrogens is 582 g/mol. The van der Waals surface area contributed by atoms with E-state index in [-0.39, 0.29) is 0 Å². The fourth-order valence-electron chi connectivity index (χ4n) is 5.08. The summed E-state index contributed by atoms with van der Waals surface area (Å²) in [5, 5.41) is 18.0. The number of imidazole rings is 1. The molecule has 1 aromatic heterocycles. The lowest BCUT2D eigenvalue weighted by molar-refractivity contribution is -0.693. The highest BCUT2D eigenvalue weighted by molar-refractivity contribution is 6.13. The Morgan fingerprint density at radius 3 is 1.68 bits per heavy atom. The normalized spacial score (nSPS) is 11.3. The summed E-state index contributed by atoms with van der Waals surface area (Å²) in [7, 11) is 10.2. The van der Waals surface area contributed by atoms with Crippen LogP contribution in [0.5, 0.6) is 0 Å². The van der Waals surface area contributed by atoms with Crippen molar-refractivity contribution >= 4 is 40.4 Å². The number of aryl methyl sites for hydroxylation is 1. The summed E-state index contributed by atoms with van der Waals surface area (Å²) in [5.74, 6) is 0. The second-order valence-electron chi connectivity index (χ2n) is 11.8. The van der Waals surface area contributed by atoms with Crippen LogP contribution >= 0.6 is 0 Å². The smallest absolute Gasteiger partial charge is 0.243 e. The first-order chi connectivity index (χ1) is 22.8. The molecule has 0 amide bonds. The van der Waals surface area contributed by atoms with E-state index < -0.39 is 0 Å². The van der Waals surface area contributed by atoms with Gasteiger partial charge in [0, 0.05) is 62.9 Å². The molecule has 0 N–H and O–H groups in total. The zero-order chi connectivity index (χ0) is 33.2. The van der Waals surface area contributed by atoms with Crippen molar-refractivity contribution < 1.29 is 4.57 Å². The van der Waals surface area contributed by atoms with Crippen molar-refractivity contribution in [2.75, 3.05) is 56.0 Å². The van der Waals surface area contributed by atoms with Crippen molar-refractivity contribution in [3.8, 4) is 0 Å². The third kappa shape index (κ3) is 9.00. The molecule has 0 bridgehead atoms. The maximum Gasteiger partial charge on any atom is 0.243 e. The largest absolute Gasteiger partial charge is 0.378 e. The molecule has 9 heteroatoms. The van der Waals surface area contributed by atoms with E-state index >= 15 is 0 Å². The molecule has 5 rings (SSSR count). The SMILES string of the molecule is CCN(CC[n+]1ccn(C)c1)c1ccc(N=Nc2ccc(C=NN=C(c3ccc(N(C)C)cc3)c3ccc(N(C)C)cc3)cc2)cc1. The van der Waals surface area contributed by atoms with Gasteiger partial charge in [-0.1, -0.05) is 36.4 Å². The van der Waals surface area contributed by atoms with Gasteiger partial charge in [-0.25, -0.2) is 9.13 Å². The maximum absolute atomic E-state index is 4.67. The lowest BCUT2D eigenvalue weighted by atomic mass is 10.0. The van der Waals surface area contributed by atoms with Crippen molar-refractivity contribution in [1.29, 1.82) is 0 Å². The average molecular weight is 627 g/mol. The average Bonchev–Trinajstić information content (AvgIpc) is 3.52. The number of hydrogen-bond donors (Lipinski definition) is 0. The third-order valence-corrected chi connectivity index (χ3v) is 7.90. The molecule has 1 heterocycles. The number of likely N-dealkylation sites (N-methyl/N-ethyl adjacent to an activating group) is 1. The van der Waals surface area contributed by atoms with E-state index in [1.807, 2.05) is 71.6 Å². The van der Waals surface area contributed by atoms with Gasteiger partial charge in [-0.15, -0.1) is 5.10 Å². The molecule has 0 radical (unpaired) electrons. The van der Waals surface area contributed by atoms with E-state index in [1.54, 1.807) is 6.21 Å². The summed E-state index contributed by atoms with van der Waals surface area (Å²) in [6.45, 7) is 4.98. The summed E-state index contributed by atoms with van der Waals surface area (Å²) >= 11 is 0. The number of nitrogens with zero attached hydrogens (tertiary/aromatic N) is 9. The minimum absolute atomic E-state index is 0.771. The molecule has 5 aromatic rings. The quantitative estimate of drug-likeness (QED) is 0.0598. The Hall–Kier alpha value is -5.57. The van der Waals surface area contributed by atoms with Crippen LogP contribution in [0.25, 0.3) is 0 Å². The van der Waals surface area contributed by atoms with Gasteiger partial charge in [0.05, 0.1) is 31.2 Å².